The molecule has 2 rings (SSSR count). The Kier molecular flexibility index (Phi) is 4.01. The van der Waals surface area contributed by atoms with Crippen LogP contribution in [0.5, 0.6) is 0 Å². The molecule has 80 valence electrons. The summed E-state index contributed by atoms with van der Waals surface area (Å²) >= 11 is 3.45. The molecule has 1 heteroatoms. The lowest BCUT2D eigenvalue weighted by Crippen LogP contribution is -2.02. The van der Waals surface area contributed by atoms with Gasteiger partial charge in [-0.3, -0.25) is 0 Å². The van der Waals surface area contributed by atoms with Crippen molar-refractivity contribution >= 4 is 22.0 Å². The molecule has 0 amide bonds. The highest BCUT2D eigenvalue weighted by atomic mass is 79.9. The standard InChI is InChI=1S/C14H17Br/c15-14-10-8-13(9-11-14)7-6-12-4-2-1-3-5-12/h6-12H,1-5H2/b7-6-. The second kappa shape index (κ2) is 5.50. The highest BCUT2D eigenvalue weighted by Gasteiger charge is 2.09. The highest BCUT2D eigenvalue weighted by molar-refractivity contribution is 9.10. The first-order valence-corrected chi connectivity index (χ1v) is 6.58. The maximum Gasteiger partial charge on any atom is 0.0175 e. The summed E-state index contributed by atoms with van der Waals surface area (Å²) in [5, 5.41) is 0. The molecule has 1 saturated carbocycles. The van der Waals surface area contributed by atoms with Gasteiger partial charge in [0, 0.05) is 4.47 Å². The quantitative estimate of drug-likeness (QED) is 0.702. The lowest BCUT2D eigenvalue weighted by Gasteiger charge is -2.17. The Balaban J connectivity index is 1.95. The van der Waals surface area contributed by atoms with Gasteiger partial charge in [-0.15, -0.1) is 0 Å². The van der Waals surface area contributed by atoms with Gasteiger partial charge in [-0.2, -0.15) is 0 Å². The third-order valence-corrected chi connectivity index (χ3v) is 3.61. The van der Waals surface area contributed by atoms with Gasteiger partial charge in [0.15, 0.2) is 0 Å². The van der Waals surface area contributed by atoms with Crippen LogP contribution in [0.15, 0.2) is 34.8 Å². The largest absolute Gasteiger partial charge is 0.0808 e. The number of benzene rings is 1. The summed E-state index contributed by atoms with van der Waals surface area (Å²) in [4.78, 5) is 0. The topological polar surface area (TPSA) is 0 Å². The zero-order valence-corrected chi connectivity index (χ0v) is 10.5. The third kappa shape index (κ3) is 3.49. The number of rotatable bonds is 2. The minimum absolute atomic E-state index is 0.822. The Morgan fingerprint density at radius 1 is 1.00 bits per heavy atom. The lowest BCUT2D eigenvalue weighted by molar-refractivity contribution is 0.420. The van der Waals surface area contributed by atoms with Crippen molar-refractivity contribution in [1.82, 2.24) is 0 Å². The molecule has 1 aromatic carbocycles. The van der Waals surface area contributed by atoms with Gasteiger partial charge in [-0.1, -0.05) is 59.5 Å². The summed E-state index contributed by atoms with van der Waals surface area (Å²) in [5.74, 6) is 0.822. The SMILES string of the molecule is Brc1ccc(/C=C\C2CCCCC2)cc1. The summed E-state index contributed by atoms with van der Waals surface area (Å²) < 4.78 is 1.15. The first kappa shape index (κ1) is 10.9. The van der Waals surface area contributed by atoms with E-state index in [2.05, 4.69) is 52.3 Å². The van der Waals surface area contributed by atoms with Crippen molar-refractivity contribution in [2.75, 3.05) is 0 Å². The molecule has 0 radical (unpaired) electrons. The lowest BCUT2D eigenvalue weighted by atomic mass is 9.89. The smallest absolute Gasteiger partial charge is 0.0175 e. The van der Waals surface area contributed by atoms with Crippen molar-refractivity contribution < 1.29 is 0 Å². The molecule has 15 heavy (non-hydrogen) atoms. The molecule has 0 bridgehead atoms. The van der Waals surface area contributed by atoms with Gasteiger partial charge in [-0.05, 0) is 36.5 Å². The molecule has 1 aliphatic rings. The summed E-state index contributed by atoms with van der Waals surface area (Å²) in [6, 6.07) is 8.51. The average molecular weight is 265 g/mol. The van der Waals surface area contributed by atoms with Crippen LogP contribution in [0.2, 0.25) is 0 Å². The zero-order valence-electron chi connectivity index (χ0n) is 8.95. The molecule has 1 aromatic rings. The molecule has 0 unspecified atom stereocenters. The van der Waals surface area contributed by atoms with E-state index >= 15 is 0 Å². The Labute approximate surface area is 101 Å². The predicted octanol–water partition coefficient (Wildman–Crippen LogP) is 5.04. The van der Waals surface area contributed by atoms with Crippen LogP contribution in [0, 0.1) is 5.92 Å². The van der Waals surface area contributed by atoms with Crippen molar-refractivity contribution in [3.05, 3.63) is 40.4 Å². The zero-order chi connectivity index (χ0) is 10.5. The first-order chi connectivity index (χ1) is 7.34. The van der Waals surface area contributed by atoms with Gasteiger partial charge in [0.2, 0.25) is 0 Å². The molecule has 0 atom stereocenters. The van der Waals surface area contributed by atoms with E-state index in [4.69, 9.17) is 0 Å². The Bertz CT molecular complexity index is 318. The van der Waals surface area contributed by atoms with Crippen molar-refractivity contribution in [3.63, 3.8) is 0 Å². The van der Waals surface area contributed by atoms with Gasteiger partial charge in [0.05, 0.1) is 0 Å². The second-order valence-corrected chi connectivity index (χ2v) is 5.22. The fourth-order valence-corrected chi connectivity index (χ4v) is 2.41. The van der Waals surface area contributed by atoms with Crippen LogP contribution >= 0.6 is 15.9 Å². The van der Waals surface area contributed by atoms with Crippen LogP contribution in [0.4, 0.5) is 0 Å². The fourth-order valence-electron chi connectivity index (χ4n) is 2.15. The van der Waals surface area contributed by atoms with Crippen LogP contribution in [0.1, 0.15) is 37.7 Å². The molecule has 0 spiro atoms. The molecule has 0 aliphatic heterocycles. The van der Waals surface area contributed by atoms with Crippen LogP contribution in [-0.4, -0.2) is 0 Å². The predicted molar refractivity (Wildman–Crippen MR) is 69.8 cm³/mol. The van der Waals surface area contributed by atoms with E-state index < -0.39 is 0 Å². The van der Waals surface area contributed by atoms with E-state index in [0.717, 1.165) is 10.4 Å². The van der Waals surface area contributed by atoms with E-state index in [1.807, 2.05) is 0 Å². The van der Waals surface area contributed by atoms with Gasteiger partial charge in [-0.25, -0.2) is 0 Å². The van der Waals surface area contributed by atoms with Crippen molar-refractivity contribution in [3.8, 4) is 0 Å². The van der Waals surface area contributed by atoms with Crippen LogP contribution in [0.25, 0.3) is 6.08 Å². The fraction of sp³-hybridized carbons (Fsp3) is 0.429. The van der Waals surface area contributed by atoms with Crippen molar-refractivity contribution in [2.24, 2.45) is 5.92 Å². The summed E-state index contributed by atoms with van der Waals surface area (Å²) in [5.41, 5.74) is 1.31. The Morgan fingerprint density at radius 3 is 2.33 bits per heavy atom. The molecule has 0 heterocycles. The van der Waals surface area contributed by atoms with Gasteiger partial charge in [0.25, 0.3) is 0 Å². The molecular weight excluding hydrogens is 248 g/mol. The molecule has 1 aliphatic carbocycles. The molecule has 0 N–H and O–H groups in total. The van der Waals surface area contributed by atoms with E-state index in [9.17, 15) is 0 Å². The number of halogens is 1. The van der Waals surface area contributed by atoms with Crippen LogP contribution < -0.4 is 0 Å². The Hall–Kier alpha value is -0.560. The molecule has 0 nitrogen and oxygen atoms in total. The minimum Gasteiger partial charge on any atom is -0.0808 e. The third-order valence-electron chi connectivity index (χ3n) is 3.08. The van der Waals surface area contributed by atoms with Gasteiger partial charge in [0.1, 0.15) is 0 Å². The monoisotopic (exact) mass is 264 g/mol. The maximum absolute atomic E-state index is 3.45. The van der Waals surface area contributed by atoms with Crippen LogP contribution in [-0.2, 0) is 0 Å². The van der Waals surface area contributed by atoms with Crippen LogP contribution in [0.3, 0.4) is 0 Å². The molecule has 0 aromatic heterocycles. The summed E-state index contributed by atoms with van der Waals surface area (Å²) in [6.07, 6.45) is 11.7. The van der Waals surface area contributed by atoms with Gasteiger partial charge >= 0.3 is 0 Å². The van der Waals surface area contributed by atoms with Crippen molar-refractivity contribution in [2.45, 2.75) is 32.1 Å². The number of allylic oxidation sites excluding steroid dienone is 1. The highest BCUT2D eigenvalue weighted by Crippen LogP contribution is 2.25. The average Bonchev–Trinajstić information content (AvgIpc) is 2.30. The van der Waals surface area contributed by atoms with E-state index in [1.54, 1.807) is 0 Å². The van der Waals surface area contributed by atoms with Crippen molar-refractivity contribution in [1.29, 1.82) is 0 Å². The van der Waals surface area contributed by atoms with E-state index in [0.29, 0.717) is 0 Å². The summed E-state index contributed by atoms with van der Waals surface area (Å²) in [6.45, 7) is 0. The molecule has 0 saturated heterocycles. The number of hydrogen-bond donors (Lipinski definition) is 0. The maximum atomic E-state index is 3.45. The number of hydrogen-bond acceptors (Lipinski definition) is 0. The molecular formula is C14H17Br. The Morgan fingerprint density at radius 2 is 1.67 bits per heavy atom. The summed E-state index contributed by atoms with van der Waals surface area (Å²) in [7, 11) is 0. The second-order valence-electron chi connectivity index (χ2n) is 4.31. The van der Waals surface area contributed by atoms with E-state index in [-0.39, 0.29) is 0 Å². The normalized spacial score (nSPS) is 18.5. The molecule has 1 fully saturated rings. The first-order valence-electron chi connectivity index (χ1n) is 5.78. The minimum atomic E-state index is 0.822. The van der Waals surface area contributed by atoms with Gasteiger partial charge < -0.3 is 0 Å². The van der Waals surface area contributed by atoms with E-state index in [1.165, 1.54) is 37.7 Å².